The number of carbonyl (C=O) groups excluding carboxylic acids is 2. The summed E-state index contributed by atoms with van der Waals surface area (Å²) in [5, 5.41) is 30.7. The number of rotatable bonds is 16. The van der Waals surface area contributed by atoms with E-state index < -0.39 is 0 Å². The number of fused-ring (bicyclic) bond motifs is 1. The molecule has 1 saturated heterocycles. The fourth-order valence-corrected chi connectivity index (χ4v) is 9.38. The third kappa shape index (κ3) is 13.8. The number of aromatic nitrogens is 1. The Morgan fingerprint density at radius 1 is 0.935 bits per heavy atom. The van der Waals surface area contributed by atoms with Gasteiger partial charge in [-0.2, -0.15) is 0 Å². The molecule has 1 unspecified atom stereocenters. The number of phenols is 1. The van der Waals surface area contributed by atoms with E-state index in [1.54, 1.807) is 37.6 Å². The zero-order valence-electron chi connectivity index (χ0n) is 36.5. The van der Waals surface area contributed by atoms with Crippen molar-refractivity contribution in [3.05, 3.63) is 118 Å². The van der Waals surface area contributed by atoms with Crippen LogP contribution in [0.3, 0.4) is 0 Å². The molecule has 0 radical (unpaired) electrons. The molecule has 1 aliphatic heterocycles. The van der Waals surface area contributed by atoms with Crippen LogP contribution >= 0.6 is 11.3 Å². The number of anilines is 2. The van der Waals surface area contributed by atoms with Crippen molar-refractivity contribution in [3.63, 3.8) is 0 Å². The van der Waals surface area contributed by atoms with Crippen molar-refractivity contribution in [2.45, 2.75) is 76.9 Å². The molecule has 12 nitrogen and oxygen atoms in total. The van der Waals surface area contributed by atoms with Crippen molar-refractivity contribution in [2.75, 3.05) is 63.8 Å². The number of ether oxygens (including phenoxy) is 1. The monoisotopic (exact) mass is 863 g/mol. The van der Waals surface area contributed by atoms with Crippen molar-refractivity contribution in [2.24, 2.45) is 5.73 Å². The molecule has 0 bridgehead atoms. The second-order valence-corrected chi connectivity index (χ2v) is 16.6. The predicted octanol–water partition coefficient (Wildman–Crippen LogP) is 8.22. The highest BCUT2D eigenvalue weighted by atomic mass is 32.1. The van der Waals surface area contributed by atoms with Crippen molar-refractivity contribution in [1.82, 2.24) is 20.1 Å². The molecule has 7 rings (SSSR count). The number of allylic oxidation sites excluding steroid dienone is 1. The summed E-state index contributed by atoms with van der Waals surface area (Å²) in [4.78, 5) is 29.0. The Kier molecular flexibility index (Phi) is 19.7. The first-order valence-electron chi connectivity index (χ1n) is 21.8. The van der Waals surface area contributed by atoms with Gasteiger partial charge < -0.3 is 26.2 Å². The molecule has 3 aromatic carbocycles. The lowest BCUT2D eigenvalue weighted by Crippen LogP contribution is -2.50. The Bertz CT molecular complexity index is 2110. The van der Waals surface area contributed by atoms with Gasteiger partial charge in [-0.1, -0.05) is 68.1 Å². The van der Waals surface area contributed by atoms with Gasteiger partial charge >= 0.3 is 0 Å². The SMILES string of the molecule is CC(c1ccc(N(C)O)nc1)N1CCN(C2CCCCCC2)CC1.CNc1c(O)ccc(CCNCc2ccc(CCOc3ccccc3)c3sccc23)c1/C=C\C=O.NC=O. The van der Waals surface area contributed by atoms with Gasteiger partial charge in [0, 0.05) is 81.8 Å². The van der Waals surface area contributed by atoms with Crippen LogP contribution in [0.4, 0.5) is 11.5 Å². The number of pyridine rings is 1. The van der Waals surface area contributed by atoms with Crippen molar-refractivity contribution in [3.8, 4) is 11.5 Å². The number of amides is 1. The smallest absolute Gasteiger partial charge is 0.204 e. The lowest BCUT2D eigenvalue weighted by molar-refractivity contribution is -0.107. The molecule has 13 heteroatoms. The Morgan fingerprint density at radius 3 is 2.31 bits per heavy atom. The Morgan fingerprint density at radius 2 is 1.65 bits per heavy atom. The lowest BCUT2D eigenvalue weighted by atomic mass is 10.0. The molecule has 1 atom stereocenters. The predicted molar refractivity (Wildman–Crippen MR) is 253 cm³/mol. The molecule has 0 spiro atoms. The highest BCUT2D eigenvalue weighted by molar-refractivity contribution is 7.17. The number of aromatic hydroxyl groups is 1. The molecule has 2 fully saturated rings. The zero-order chi connectivity index (χ0) is 44.1. The number of nitrogens with two attached hydrogens (primary N) is 1. The lowest BCUT2D eigenvalue weighted by Gasteiger charge is -2.41. The number of aldehydes is 1. The molecule has 5 aromatic rings. The minimum Gasteiger partial charge on any atom is -0.506 e. The maximum atomic E-state index is 10.8. The fraction of sp³-hybridized carbons (Fsp3) is 0.408. The standard InChI is InChI=1S/C29H30N2O3S.C19H32N4O.CH3NO/c1-30-28-25(8-5-17-32)21(11-12-27(28)33)13-16-31-20-23-10-9-22(29-26(23)15-19-35-29)14-18-34-24-6-3-2-4-7-24;1-16(17-9-10-19(20-15-17)21(2)24)22-11-13-23(14-12-22)18-7-5-3-4-6-8-18;2-1-3/h2-12,15,17,19,30-31,33H,13-14,16,18,20H2,1H3;9-10,15-16,18,24H,3-8,11-14H2,1-2H3;1H,(H2,2,3)/b8-5-;;. The van der Waals surface area contributed by atoms with Gasteiger partial charge in [0.1, 0.15) is 17.8 Å². The first-order valence-corrected chi connectivity index (χ1v) is 22.7. The summed E-state index contributed by atoms with van der Waals surface area (Å²) >= 11 is 1.78. The van der Waals surface area contributed by atoms with E-state index in [4.69, 9.17) is 9.53 Å². The number of primary amides is 1. The average Bonchev–Trinajstić information content (AvgIpc) is 3.64. The summed E-state index contributed by atoms with van der Waals surface area (Å²) in [7, 11) is 3.36. The Labute approximate surface area is 371 Å². The van der Waals surface area contributed by atoms with Gasteiger partial charge in [-0.25, -0.2) is 10.0 Å². The molecule has 1 amide bonds. The van der Waals surface area contributed by atoms with Gasteiger partial charge in [-0.05, 0) is 108 Å². The number of nitrogens with one attached hydrogen (secondary N) is 2. The van der Waals surface area contributed by atoms with Crippen LogP contribution in [0.1, 0.15) is 79.3 Å². The van der Waals surface area contributed by atoms with E-state index in [9.17, 15) is 15.1 Å². The van der Waals surface area contributed by atoms with E-state index in [2.05, 4.69) is 67.7 Å². The summed E-state index contributed by atoms with van der Waals surface area (Å²) in [6.45, 7) is 9.12. The summed E-state index contributed by atoms with van der Waals surface area (Å²) in [5.41, 5.74) is 10.5. The maximum Gasteiger partial charge on any atom is 0.204 e. The summed E-state index contributed by atoms with van der Waals surface area (Å²) in [5.74, 6) is 1.66. The van der Waals surface area contributed by atoms with E-state index in [1.165, 1.54) is 84.5 Å². The topological polar surface area (TPSA) is 157 Å². The molecule has 62 heavy (non-hydrogen) atoms. The number of hydrogen-bond donors (Lipinski definition) is 5. The highest BCUT2D eigenvalue weighted by Crippen LogP contribution is 2.32. The Hall–Kier alpha value is -5.31. The van der Waals surface area contributed by atoms with Crippen LogP contribution in [0.2, 0.25) is 0 Å². The van der Waals surface area contributed by atoms with Gasteiger partial charge in [-0.15, -0.1) is 11.3 Å². The summed E-state index contributed by atoms with van der Waals surface area (Å²) in [6, 6.07) is 25.3. The largest absolute Gasteiger partial charge is 0.506 e. The van der Waals surface area contributed by atoms with Crippen molar-refractivity contribution >= 4 is 51.7 Å². The molecule has 1 saturated carbocycles. The van der Waals surface area contributed by atoms with Crippen LogP contribution in [0.25, 0.3) is 16.2 Å². The minimum atomic E-state index is 0.170. The molecular formula is C49H65N7O5S. The number of benzene rings is 3. The van der Waals surface area contributed by atoms with Crippen molar-refractivity contribution < 1.29 is 24.6 Å². The number of carbonyl (C=O) groups is 2. The van der Waals surface area contributed by atoms with E-state index >= 15 is 0 Å². The number of nitrogens with zero attached hydrogens (tertiary/aromatic N) is 4. The molecule has 3 heterocycles. The number of hydroxylamine groups is 1. The van der Waals surface area contributed by atoms with Crippen LogP contribution < -0.4 is 26.2 Å². The van der Waals surface area contributed by atoms with Gasteiger partial charge in [0.05, 0.1) is 12.3 Å². The molecule has 6 N–H and O–H groups in total. The van der Waals surface area contributed by atoms with E-state index in [0.717, 1.165) is 73.3 Å². The quantitative estimate of drug-likeness (QED) is 0.0163. The summed E-state index contributed by atoms with van der Waals surface area (Å²) in [6.07, 6.45) is 16.2. The van der Waals surface area contributed by atoms with Crippen LogP contribution in [0, 0.1) is 0 Å². The second kappa shape index (κ2) is 25.6. The van der Waals surface area contributed by atoms with Crippen molar-refractivity contribution in [1.29, 1.82) is 0 Å². The second-order valence-electron chi connectivity index (χ2n) is 15.7. The minimum absolute atomic E-state index is 0.170. The maximum absolute atomic E-state index is 10.8. The third-order valence-electron chi connectivity index (χ3n) is 11.8. The van der Waals surface area contributed by atoms with Crippen LogP contribution in [0.5, 0.6) is 11.5 Å². The molecule has 2 aliphatic rings. The van der Waals surface area contributed by atoms with E-state index in [0.29, 0.717) is 24.2 Å². The van der Waals surface area contributed by atoms with Crippen LogP contribution in [-0.2, 0) is 29.0 Å². The number of hydrogen-bond acceptors (Lipinski definition) is 12. The molecule has 2 aromatic heterocycles. The molecule has 332 valence electrons. The number of para-hydroxylation sites is 1. The van der Waals surface area contributed by atoms with E-state index in [1.807, 2.05) is 48.7 Å². The van der Waals surface area contributed by atoms with Gasteiger partial charge in [0.15, 0.2) is 5.82 Å². The van der Waals surface area contributed by atoms with Crippen LogP contribution in [0.15, 0.2) is 90.4 Å². The van der Waals surface area contributed by atoms with Gasteiger partial charge in [-0.3, -0.25) is 24.6 Å². The van der Waals surface area contributed by atoms with Gasteiger partial charge in [0.2, 0.25) is 6.41 Å². The van der Waals surface area contributed by atoms with E-state index in [-0.39, 0.29) is 12.2 Å². The average molecular weight is 864 g/mol. The first-order chi connectivity index (χ1) is 30.3. The number of piperazine rings is 1. The third-order valence-corrected chi connectivity index (χ3v) is 12.8. The normalized spacial score (nSPS) is 15.4. The number of thiophene rings is 1. The van der Waals surface area contributed by atoms with Gasteiger partial charge in [0.25, 0.3) is 0 Å². The number of phenolic OH excluding ortho intramolecular Hbond substituents is 1. The first kappa shape index (κ1) is 47.7. The summed E-state index contributed by atoms with van der Waals surface area (Å²) < 4.78 is 7.21. The zero-order valence-corrected chi connectivity index (χ0v) is 37.4. The fourth-order valence-electron chi connectivity index (χ4n) is 8.39. The Balaban J connectivity index is 0.000000234. The molecule has 1 aliphatic carbocycles. The van der Waals surface area contributed by atoms with Crippen LogP contribution in [-0.4, -0.2) is 97.3 Å². The molecular weight excluding hydrogens is 799 g/mol. The highest BCUT2D eigenvalue weighted by Gasteiger charge is 2.27.